The lowest BCUT2D eigenvalue weighted by Gasteiger charge is -2.21. The van der Waals surface area contributed by atoms with Crippen LogP contribution in [0.15, 0.2) is 40.2 Å². The molecule has 3 aliphatic rings. The van der Waals surface area contributed by atoms with Gasteiger partial charge in [0.2, 0.25) is 0 Å². The summed E-state index contributed by atoms with van der Waals surface area (Å²) < 4.78 is 5.57. The maximum atomic E-state index is 10.7. The summed E-state index contributed by atoms with van der Waals surface area (Å²) in [5.74, 6) is -0.135. The highest BCUT2D eigenvalue weighted by atomic mass is 16.5. The van der Waals surface area contributed by atoms with Crippen LogP contribution in [-0.4, -0.2) is 22.9 Å². The smallest absolute Gasteiger partial charge is 0.308 e. The molecule has 4 nitrogen and oxygen atoms in total. The lowest BCUT2D eigenvalue weighted by Crippen LogP contribution is -2.29. The van der Waals surface area contributed by atoms with E-state index in [1.165, 1.54) is 0 Å². The summed E-state index contributed by atoms with van der Waals surface area (Å²) in [6.07, 6.45) is 6.94. The largest absolute Gasteiger partial charge is 0.481 e. The maximum Gasteiger partial charge on any atom is 0.308 e. The van der Waals surface area contributed by atoms with Crippen molar-refractivity contribution < 1.29 is 14.6 Å². The summed E-state index contributed by atoms with van der Waals surface area (Å²) >= 11 is 0. The Labute approximate surface area is 79.9 Å². The molecular formula is C10H7NO3. The van der Waals surface area contributed by atoms with Gasteiger partial charge in [-0.1, -0.05) is 0 Å². The first kappa shape index (κ1) is 7.55. The van der Waals surface area contributed by atoms with E-state index in [0.717, 1.165) is 16.9 Å². The molecular weight excluding hydrogens is 182 g/mol. The first-order chi connectivity index (χ1) is 6.71. The molecule has 0 saturated heterocycles. The molecule has 4 heteroatoms. The average Bonchev–Trinajstić information content (AvgIpc) is 2.68. The number of carboxylic acid groups (broad SMARTS) is 1. The zero-order valence-electron chi connectivity index (χ0n) is 7.23. The third-order valence-electron chi connectivity index (χ3n) is 2.63. The SMILES string of the molecule is O=C(O)CC12C=CC(=C3C=NC=C31)O2. The van der Waals surface area contributed by atoms with Crippen molar-refractivity contribution in [2.45, 2.75) is 12.0 Å². The standard InChI is InChI=1S/C10H7NO3/c12-9(13)3-10-2-1-8(14-10)6-4-11-5-7(6)10/h1-2,4-5H,3H2,(H,12,13). The number of fused-ring (bicyclic) bond motifs is 4. The van der Waals surface area contributed by atoms with Gasteiger partial charge >= 0.3 is 5.97 Å². The fourth-order valence-corrected chi connectivity index (χ4v) is 2.04. The Bertz CT molecular complexity index is 452. The second-order valence-electron chi connectivity index (χ2n) is 3.49. The summed E-state index contributed by atoms with van der Waals surface area (Å²) in [4.78, 5) is 14.7. The lowest BCUT2D eigenvalue weighted by molar-refractivity contribution is -0.139. The van der Waals surface area contributed by atoms with E-state index in [2.05, 4.69) is 4.99 Å². The molecule has 0 fully saturated rings. The number of allylic oxidation sites excluding steroid dienone is 1. The van der Waals surface area contributed by atoms with Crippen molar-refractivity contribution in [3.05, 3.63) is 35.3 Å². The van der Waals surface area contributed by atoms with Crippen molar-refractivity contribution >= 4 is 12.2 Å². The zero-order chi connectivity index (χ0) is 9.76. The molecule has 0 saturated carbocycles. The third-order valence-corrected chi connectivity index (χ3v) is 2.63. The van der Waals surface area contributed by atoms with E-state index < -0.39 is 11.6 Å². The predicted molar refractivity (Wildman–Crippen MR) is 48.8 cm³/mol. The molecule has 3 rings (SSSR count). The second kappa shape index (κ2) is 2.15. The van der Waals surface area contributed by atoms with Gasteiger partial charge in [-0.2, -0.15) is 0 Å². The fraction of sp³-hybridized carbons (Fsp3) is 0.200. The minimum atomic E-state index is -0.870. The molecule has 0 aromatic carbocycles. The van der Waals surface area contributed by atoms with Crippen LogP contribution in [0, 0.1) is 0 Å². The summed E-state index contributed by atoms with van der Waals surface area (Å²) in [5, 5.41) is 8.81. The van der Waals surface area contributed by atoms with Crippen molar-refractivity contribution in [1.82, 2.24) is 0 Å². The number of aliphatic imine (C=N–C) groups is 1. The number of hydrogen-bond acceptors (Lipinski definition) is 3. The van der Waals surface area contributed by atoms with Crippen molar-refractivity contribution in [3.63, 3.8) is 0 Å². The number of carboxylic acids is 1. The topological polar surface area (TPSA) is 58.9 Å². The van der Waals surface area contributed by atoms with E-state index >= 15 is 0 Å². The van der Waals surface area contributed by atoms with Crippen LogP contribution < -0.4 is 0 Å². The summed E-state index contributed by atoms with van der Waals surface area (Å²) in [7, 11) is 0. The van der Waals surface area contributed by atoms with Gasteiger partial charge in [-0.05, 0) is 12.2 Å². The molecule has 0 aromatic rings. The number of carbonyl (C=O) groups is 1. The number of nitrogens with zero attached hydrogens (tertiary/aromatic N) is 1. The maximum absolute atomic E-state index is 10.7. The summed E-state index contributed by atoms with van der Waals surface area (Å²) in [6.45, 7) is 0. The predicted octanol–water partition coefficient (Wildman–Crippen LogP) is 1.02. The van der Waals surface area contributed by atoms with Gasteiger partial charge in [0.25, 0.3) is 0 Å². The highest BCUT2D eigenvalue weighted by Crippen LogP contribution is 2.48. The number of aliphatic carboxylic acids is 1. The number of hydrogen-bond donors (Lipinski definition) is 1. The molecule has 0 amide bonds. The molecule has 1 N–H and O–H groups in total. The van der Waals surface area contributed by atoms with Gasteiger partial charge in [0.15, 0.2) is 5.60 Å². The molecule has 14 heavy (non-hydrogen) atoms. The Hall–Kier alpha value is -1.84. The van der Waals surface area contributed by atoms with Crippen LogP contribution in [0.4, 0.5) is 0 Å². The van der Waals surface area contributed by atoms with Crippen molar-refractivity contribution in [2.24, 2.45) is 4.99 Å². The number of rotatable bonds is 2. The van der Waals surface area contributed by atoms with Crippen LogP contribution in [0.1, 0.15) is 6.42 Å². The Kier molecular flexibility index (Phi) is 1.16. The van der Waals surface area contributed by atoms with Gasteiger partial charge in [-0.3, -0.25) is 9.79 Å². The Morgan fingerprint density at radius 3 is 3.29 bits per heavy atom. The molecule has 0 aromatic heterocycles. The van der Waals surface area contributed by atoms with Crippen molar-refractivity contribution in [1.29, 1.82) is 0 Å². The molecule has 0 spiro atoms. The van der Waals surface area contributed by atoms with Crippen LogP contribution in [0.3, 0.4) is 0 Å². The minimum Gasteiger partial charge on any atom is -0.481 e. The van der Waals surface area contributed by atoms with Crippen molar-refractivity contribution in [3.8, 4) is 0 Å². The van der Waals surface area contributed by atoms with E-state index in [4.69, 9.17) is 9.84 Å². The molecule has 1 atom stereocenters. The van der Waals surface area contributed by atoms with Gasteiger partial charge in [-0.25, -0.2) is 0 Å². The normalized spacial score (nSPS) is 30.7. The van der Waals surface area contributed by atoms with Gasteiger partial charge < -0.3 is 9.84 Å². The Balaban J connectivity index is 2.07. The van der Waals surface area contributed by atoms with E-state index in [1.807, 2.05) is 6.08 Å². The van der Waals surface area contributed by atoms with Gasteiger partial charge in [-0.15, -0.1) is 0 Å². The molecule has 70 valence electrons. The zero-order valence-corrected chi connectivity index (χ0v) is 7.23. The van der Waals surface area contributed by atoms with E-state index in [0.29, 0.717) is 0 Å². The summed E-state index contributed by atoms with van der Waals surface area (Å²) in [6, 6.07) is 0. The van der Waals surface area contributed by atoms with Gasteiger partial charge in [0.1, 0.15) is 5.76 Å². The van der Waals surface area contributed by atoms with Crippen LogP contribution in [-0.2, 0) is 9.53 Å². The average molecular weight is 189 g/mol. The van der Waals surface area contributed by atoms with Crippen LogP contribution in [0.25, 0.3) is 0 Å². The summed E-state index contributed by atoms with van der Waals surface area (Å²) in [5.41, 5.74) is 1.01. The van der Waals surface area contributed by atoms with E-state index in [-0.39, 0.29) is 6.42 Å². The van der Waals surface area contributed by atoms with E-state index in [1.54, 1.807) is 18.5 Å². The Morgan fingerprint density at radius 2 is 2.50 bits per heavy atom. The lowest BCUT2D eigenvalue weighted by atomic mass is 9.86. The molecule has 3 heterocycles. The highest BCUT2D eigenvalue weighted by molar-refractivity contribution is 5.94. The fourth-order valence-electron chi connectivity index (χ4n) is 2.04. The third kappa shape index (κ3) is 0.731. The molecule has 1 unspecified atom stereocenters. The van der Waals surface area contributed by atoms with Crippen molar-refractivity contribution in [2.75, 3.05) is 0 Å². The minimum absolute atomic E-state index is 0.0499. The molecule has 3 aliphatic heterocycles. The van der Waals surface area contributed by atoms with Crippen LogP contribution in [0.2, 0.25) is 0 Å². The van der Waals surface area contributed by atoms with Gasteiger partial charge in [0.05, 0.1) is 6.42 Å². The van der Waals surface area contributed by atoms with Crippen LogP contribution in [0.5, 0.6) is 0 Å². The first-order valence-corrected chi connectivity index (χ1v) is 4.30. The Morgan fingerprint density at radius 1 is 1.64 bits per heavy atom. The first-order valence-electron chi connectivity index (χ1n) is 4.30. The van der Waals surface area contributed by atoms with Crippen LogP contribution >= 0.6 is 0 Å². The van der Waals surface area contributed by atoms with Gasteiger partial charge in [0, 0.05) is 23.6 Å². The second-order valence-corrected chi connectivity index (χ2v) is 3.49. The highest BCUT2D eigenvalue weighted by Gasteiger charge is 2.49. The number of ether oxygens (including phenoxy) is 1. The molecule has 2 bridgehead atoms. The van der Waals surface area contributed by atoms with E-state index in [9.17, 15) is 4.79 Å². The molecule has 0 aliphatic carbocycles. The molecule has 0 radical (unpaired) electrons. The quantitative estimate of drug-likeness (QED) is 0.705. The monoisotopic (exact) mass is 189 g/mol.